The molecule has 1 saturated carbocycles. The lowest BCUT2D eigenvalue weighted by molar-refractivity contribution is 0.0932. The molecule has 0 bridgehead atoms. The van der Waals surface area contributed by atoms with Crippen LogP contribution in [-0.2, 0) is 0 Å². The Labute approximate surface area is 115 Å². The molecule has 0 aromatic heterocycles. The van der Waals surface area contributed by atoms with Crippen LogP contribution in [0.15, 0.2) is 22.7 Å². The number of halogens is 1. The fraction of sp³-hybridized carbons (Fsp3) is 0.429. The molecule has 4 heteroatoms. The number of amides is 1. The van der Waals surface area contributed by atoms with Crippen LogP contribution >= 0.6 is 15.9 Å². The second-order valence-corrected chi connectivity index (χ2v) is 5.58. The van der Waals surface area contributed by atoms with Crippen molar-refractivity contribution in [3.63, 3.8) is 0 Å². The molecule has 0 radical (unpaired) electrons. The van der Waals surface area contributed by atoms with E-state index < -0.39 is 0 Å². The van der Waals surface area contributed by atoms with Gasteiger partial charge in [0.25, 0.3) is 5.91 Å². The summed E-state index contributed by atoms with van der Waals surface area (Å²) in [5, 5.41) is 12.0. The van der Waals surface area contributed by atoms with Crippen molar-refractivity contribution in [2.24, 2.45) is 5.92 Å². The molecule has 1 aliphatic rings. The first-order chi connectivity index (χ1) is 8.61. The minimum absolute atomic E-state index is 0.00471. The van der Waals surface area contributed by atoms with Crippen LogP contribution < -0.4 is 5.32 Å². The van der Waals surface area contributed by atoms with Crippen molar-refractivity contribution in [3.8, 4) is 6.07 Å². The monoisotopic (exact) mass is 306 g/mol. The second kappa shape index (κ2) is 5.53. The average Bonchev–Trinajstić information content (AvgIpc) is 2.79. The Morgan fingerprint density at radius 1 is 1.50 bits per heavy atom. The van der Waals surface area contributed by atoms with Gasteiger partial charge in [-0.3, -0.25) is 4.79 Å². The standard InChI is InChI=1S/C14H15BrN2O/c1-9-5-6-12(15)11(7-9)14(18)17-13-4-2-3-10(13)8-16/h5-7,10,13H,2-4H2,1H3,(H,17,18). The molecule has 1 amide bonds. The van der Waals surface area contributed by atoms with Crippen molar-refractivity contribution in [3.05, 3.63) is 33.8 Å². The van der Waals surface area contributed by atoms with Gasteiger partial charge in [0.1, 0.15) is 0 Å². The van der Waals surface area contributed by atoms with E-state index >= 15 is 0 Å². The van der Waals surface area contributed by atoms with Crippen molar-refractivity contribution in [1.29, 1.82) is 5.26 Å². The number of aryl methyl sites for hydroxylation is 1. The van der Waals surface area contributed by atoms with Gasteiger partial charge < -0.3 is 5.32 Å². The van der Waals surface area contributed by atoms with E-state index in [-0.39, 0.29) is 17.9 Å². The third-order valence-corrected chi connectivity index (χ3v) is 4.06. The van der Waals surface area contributed by atoms with Crippen LogP contribution in [-0.4, -0.2) is 11.9 Å². The second-order valence-electron chi connectivity index (χ2n) is 4.73. The molecule has 2 unspecified atom stereocenters. The number of rotatable bonds is 2. The summed E-state index contributed by atoms with van der Waals surface area (Å²) < 4.78 is 0.789. The van der Waals surface area contributed by atoms with Crippen molar-refractivity contribution in [2.45, 2.75) is 32.2 Å². The van der Waals surface area contributed by atoms with E-state index in [2.05, 4.69) is 27.3 Å². The number of hydrogen-bond donors (Lipinski definition) is 1. The summed E-state index contributed by atoms with van der Waals surface area (Å²) >= 11 is 3.39. The maximum atomic E-state index is 12.2. The third kappa shape index (κ3) is 2.73. The van der Waals surface area contributed by atoms with E-state index in [0.717, 1.165) is 29.3 Å². The molecule has 0 saturated heterocycles. The summed E-state index contributed by atoms with van der Waals surface area (Å²) in [5.41, 5.74) is 1.69. The Bertz CT molecular complexity index is 507. The van der Waals surface area contributed by atoms with E-state index in [1.165, 1.54) is 0 Å². The van der Waals surface area contributed by atoms with Crippen LogP contribution in [0.25, 0.3) is 0 Å². The van der Waals surface area contributed by atoms with Crippen molar-refractivity contribution >= 4 is 21.8 Å². The minimum atomic E-state index is -0.0993. The predicted octanol–water partition coefficient (Wildman–Crippen LogP) is 3.18. The van der Waals surface area contributed by atoms with Gasteiger partial charge in [0, 0.05) is 10.5 Å². The summed E-state index contributed by atoms with van der Waals surface area (Å²) in [5.74, 6) is -0.143. The van der Waals surface area contributed by atoms with Crippen LogP contribution in [0.4, 0.5) is 0 Å². The maximum Gasteiger partial charge on any atom is 0.252 e. The Morgan fingerprint density at radius 3 is 3.00 bits per heavy atom. The summed E-state index contributed by atoms with van der Waals surface area (Å²) in [6.45, 7) is 1.96. The van der Waals surface area contributed by atoms with Gasteiger partial charge in [-0.25, -0.2) is 0 Å². The van der Waals surface area contributed by atoms with Crippen LogP contribution in [0.1, 0.15) is 35.2 Å². The Hall–Kier alpha value is -1.34. The van der Waals surface area contributed by atoms with Crippen LogP contribution in [0.5, 0.6) is 0 Å². The topological polar surface area (TPSA) is 52.9 Å². The quantitative estimate of drug-likeness (QED) is 0.912. The fourth-order valence-corrected chi connectivity index (χ4v) is 2.77. The summed E-state index contributed by atoms with van der Waals surface area (Å²) in [6, 6.07) is 7.95. The highest BCUT2D eigenvalue weighted by atomic mass is 79.9. The number of benzene rings is 1. The molecule has 1 N–H and O–H groups in total. The molecule has 2 rings (SSSR count). The van der Waals surface area contributed by atoms with E-state index in [9.17, 15) is 4.79 Å². The van der Waals surface area contributed by atoms with Gasteiger partial charge in [-0.15, -0.1) is 0 Å². The fourth-order valence-electron chi connectivity index (χ4n) is 2.35. The summed E-state index contributed by atoms with van der Waals surface area (Å²) in [4.78, 5) is 12.2. The first-order valence-electron chi connectivity index (χ1n) is 6.08. The number of nitriles is 1. The Balaban J connectivity index is 2.13. The van der Waals surface area contributed by atoms with Gasteiger partial charge in [-0.2, -0.15) is 5.26 Å². The number of carbonyl (C=O) groups excluding carboxylic acids is 1. The van der Waals surface area contributed by atoms with Crippen LogP contribution in [0.2, 0.25) is 0 Å². The molecular weight excluding hydrogens is 292 g/mol. The smallest absolute Gasteiger partial charge is 0.252 e. The zero-order valence-electron chi connectivity index (χ0n) is 10.2. The number of nitrogens with zero attached hydrogens (tertiary/aromatic N) is 1. The molecule has 1 aromatic carbocycles. The number of nitrogens with one attached hydrogen (secondary N) is 1. The van der Waals surface area contributed by atoms with Gasteiger partial charge >= 0.3 is 0 Å². The molecular formula is C14H15BrN2O. The van der Waals surface area contributed by atoms with E-state index in [1.54, 1.807) is 0 Å². The van der Waals surface area contributed by atoms with Gasteiger partial charge in [-0.1, -0.05) is 11.6 Å². The van der Waals surface area contributed by atoms with Gasteiger partial charge in [-0.05, 0) is 54.2 Å². The summed E-state index contributed by atoms with van der Waals surface area (Å²) in [6.07, 6.45) is 2.79. The summed E-state index contributed by atoms with van der Waals surface area (Å²) in [7, 11) is 0. The molecule has 0 spiro atoms. The van der Waals surface area contributed by atoms with Crippen molar-refractivity contribution in [2.75, 3.05) is 0 Å². The molecule has 3 nitrogen and oxygen atoms in total. The predicted molar refractivity (Wildman–Crippen MR) is 73.1 cm³/mol. The highest BCUT2D eigenvalue weighted by Crippen LogP contribution is 2.26. The molecule has 1 fully saturated rings. The zero-order valence-corrected chi connectivity index (χ0v) is 11.8. The first kappa shape index (κ1) is 13.1. The zero-order chi connectivity index (χ0) is 13.1. The Kier molecular flexibility index (Phi) is 4.03. The highest BCUT2D eigenvalue weighted by molar-refractivity contribution is 9.10. The number of hydrogen-bond acceptors (Lipinski definition) is 2. The lowest BCUT2D eigenvalue weighted by Crippen LogP contribution is -2.37. The van der Waals surface area contributed by atoms with E-state index in [1.807, 2.05) is 25.1 Å². The largest absolute Gasteiger partial charge is 0.348 e. The van der Waals surface area contributed by atoms with E-state index in [4.69, 9.17) is 5.26 Å². The first-order valence-corrected chi connectivity index (χ1v) is 6.87. The lowest BCUT2D eigenvalue weighted by atomic mass is 10.0. The minimum Gasteiger partial charge on any atom is -0.348 e. The van der Waals surface area contributed by atoms with Crippen LogP contribution in [0, 0.1) is 24.2 Å². The third-order valence-electron chi connectivity index (χ3n) is 3.36. The Morgan fingerprint density at radius 2 is 2.28 bits per heavy atom. The molecule has 2 atom stereocenters. The maximum absolute atomic E-state index is 12.2. The van der Waals surface area contributed by atoms with Crippen molar-refractivity contribution in [1.82, 2.24) is 5.32 Å². The van der Waals surface area contributed by atoms with Crippen LogP contribution in [0.3, 0.4) is 0 Å². The van der Waals surface area contributed by atoms with E-state index in [0.29, 0.717) is 5.56 Å². The van der Waals surface area contributed by atoms with Gasteiger partial charge in [0.05, 0.1) is 17.6 Å². The lowest BCUT2D eigenvalue weighted by Gasteiger charge is -2.16. The molecule has 0 aliphatic heterocycles. The molecule has 18 heavy (non-hydrogen) atoms. The van der Waals surface area contributed by atoms with Gasteiger partial charge in [0.2, 0.25) is 0 Å². The number of carbonyl (C=O) groups is 1. The molecule has 1 aromatic rings. The van der Waals surface area contributed by atoms with Gasteiger partial charge in [0.15, 0.2) is 0 Å². The molecule has 94 valence electrons. The normalized spacial score (nSPS) is 22.5. The molecule has 0 heterocycles. The average molecular weight is 307 g/mol. The highest BCUT2D eigenvalue weighted by Gasteiger charge is 2.28. The van der Waals surface area contributed by atoms with Crippen molar-refractivity contribution < 1.29 is 4.79 Å². The molecule has 1 aliphatic carbocycles. The SMILES string of the molecule is Cc1ccc(Br)c(C(=O)NC2CCCC2C#N)c1.